The van der Waals surface area contributed by atoms with Crippen molar-refractivity contribution in [2.45, 2.75) is 43.1 Å². The number of hydrogen-bond donors (Lipinski definition) is 2. The third kappa shape index (κ3) is 2.67. The Kier molecular flexibility index (Phi) is 3.69. The maximum absolute atomic E-state index is 13.9. The van der Waals surface area contributed by atoms with Crippen LogP contribution in [-0.2, 0) is 10.2 Å². The summed E-state index contributed by atoms with van der Waals surface area (Å²) >= 11 is 0. The average Bonchev–Trinajstić information content (AvgIpc) is 3.09. The van der Waals surface area contributed by atoms with E-state index in [9.17, 15) is 13.6 Å². The summed E-state index contributed by atoms with van der Waals surface area (Å²) in [6.07, 6.45) is 2.66. The van der Waals surface area contributed by atoms with Gasteiger partial charge >= 0.3 is 0 Å². The van der Waals surface area contributed by atoms with Crippen molar-refractivity contribution in [1.29, 1.82) is 0 Å². The van der Waals surface area contributed by atoms with Crippen molar-refractivity contribution in [2.75, 3.05) is 13.1 Å². The third-order valence-corrected chi connectivity index (χ3v) is 4.62. The Bertz CT molecular complexity index is 514. The van der Waals surface area contributed by atoms with Gasteiger partial charge in [0.15, 0.2) is 0 Å². The first-order chi connectivity index (χ1) is 10.1. The Labute approximate surface area is 123 Å². The molecule has 0 spiro atoms. The van der Waals surface area contributed by atoms with Crippen LogP contribution in [0.4, 0.5) is 8.78 Å². The Morgan fingerprint density at radius 2 is 2.00 bits per heavy atom. The zero-order valence-electron chi connectivity index (χ0n) is 11.9. The number of halogens is 2. The molecule has 3 nitrogen and oxygen atoms in total. The number of carbonyl (C=O) groups excluding carboxylic acids is 1. The van der Waals surface area contributed by atoms with Crippen molar-refractivity contribution in [3.63, 3.8) is 0 Å². The highest BCUT2D eigenvalue weighted by Crippen LogP contribution is 2.61. The second-order valence-corrected chi connectivity index (χ2v) is 6.05. The molecule has 1 aliphatic carbocycles. The molecule has 1 aromatic carbocycles. The molecule has 1 saturated heterocycles. The van der Waals surface area contributed by atoms with E-state index in [0.29, 0.717) is 5.56 Å². The first kappa shape index (κ1) is 14.4. The second-order valence-electron chi connectivity index (χ2n) is 6.05. The van der Waals surface area contributed by atoms with Gasteiger partial charge in [-0.15, -0.1) is 0 Å². The summed E-state index contributed by atoms with van der Waals surface area (Å²) in [6.45, 7) is 0.819. The molecule has 114 valence electrons. The maximum Gasteiger partial charge on any atom is 0.260 e. The van der Waals surface area contributed by atoms with E-state index in [4.69, 9.17) is 0 Å². The first-order valence-electron chi connectivity index (χ1n) is 7.50. The number of piperidine rings is 1. The minimum Gasteiger partial charge on any atom is -0.354 e. The lowest BCUT2D eigenvalue weighted by Crippen LogP contribution is -2.48. The van der Waals surface area contributed by atoms with Gasteiger partial charge < -0.3 is 10.6 Å². The van der Waals surface area contributed by atoms with Crippen LogP contribution in [0, 0.1) is 0 Å². The second kappa shape index (κ2) is 5.37. The van der Waals surface area contributed by atoms with E-state index in [2.05, 4.69) is 10.6 Å². The first-order valence-corrected chi connectivity index (χ1v) is 7.50. The van der Waals surface area contributed by atoms with Gasteiger partial charge in [0, 0.05) is 13.0 Å². The fourth-order valence-electron chi connectivity index (χ4n) is 3.14. The van der Waals surface area contributed by atoms with E-state index < -0.39 is 11.3 Å². The number of nitrogens with one attached hydrogen (secondary N) is 2. The van der Waals surface area contributed by atoms with Crippen molar-refractivity contribution < 1.29 is 13.6 Å². The van der Waals surface area contributed by atoms with Gasteiger partial charge in [-0.1, -0.05) is 36.8 Å². The molecule has 2 atom stereocenters. The third-order valence-electron chi connectivity index (χ3n) is 4.62. The van der Waals surface area contributed by atoms with Crippen molar-refractivity contribution in [2.24, 2.45) is 0 Å². The lowest BCUT2D eigenvalue weighted by molar-refractivity contribution is -0.123. The quantitative estimate of drug-likeness (QED) is 0.894. The number of rotatable bonds is 4. The van der Waals surface area contributed by atoms with Gasteiger partial charge in [0.1, 0.15) is 0 Å². The van der Waals surface area contributed by atoms with Crippen molar-refractivity contribution in [3.8, 4) is 0 Å². The highest BCUT2D eigenvalue weighted by Gasteiger charge is 2.71. The van der Waals surface area contributed by atoms with E-state index >= 15 is 0 Å². The Balaban J connectivity index is 1.66. The largest absolute Gasteiger partial charge is 0.354 e. The van der Waals surface area contributed by atoms with Gasteiger partial charge in [-0.2, -0.15) is 0 Å². The van der Waals surface area contributed by atoms with Gasteiger partial charge in [0.25, 0.3) is 5.92 Å². The van der Waals surface area contributed by atoms with Crippen LogP contribution in [0.2, 0.25) is 0 Å². The molecule has 1 saturated carbocycles. The lowest BCUT2D eigenvalue weighted by atomic mass is 9.94. The molecule has 21 heavy (non-hydrogen) atoms. The standard InChI is InChI=1S/C16H20F2N2O/c17-16(18)10-15(16,12-6-2-1-3-7-12)11-20-14(21)13-8-4-5-9-19-13/h1-3,6-7,13,19H,4-5,8-11H2,(H,20,21). The maximum atomic E-state index is 13.9. The van der Waals surface area contributed by atoms with Crippen LogP contribution < -0.4 is 10.6 Å². The van der Waals surface area contributed by atoms with Crippen LogP contribution in [0.1, 0.15) is 31.2 Å². The monoisotopic (exact) mass is 294 g/mol. The predicted molar refractivity (Wildman–Crippen MR) is 76.3 cm³/mol. The number of benzene rings is 1. The molecular weight excluding hydrogens is 274 g/mol. The Hall–Kier alpha value is -1.49. The zero-order valence-corrected chi connectivity index (χ0v) is 11.9. The summed E-state index contributed by atoms with van der Waals surface area (Å²) in [5.74, 6) is -2.89. The highest BCUT2D eigenvalue weighted by atomic mass is 19.3. The normalized spacial score (nSPS) is 30.7. The summed E-state index contributed by atoms with van der Waals surface area (Å²) in [5, 5.41) is 5.86. The topological polar surface area (TPSA) is 41.1 Å². The minimum absolute atomic E-state index is 0.00102. The van der Waals surface area contributed by atoms with Crippen LogP contribution in [0.25, 0.3) is 0 Å². The summed E-state index contributed by atoms with van der Waals surface area (Å²) < 4.78 is 27.7. The molecule has 3 rings (SSSR count). The van der Waals surface area contributed by atoms with Crippen molar-refractivity contribution >= 4 is 5.91 Å². The average molecular weight is 294 g/mol. The minimum atomic E-state index is -2.73. The van der Waals surface area contributed by atoms with E-state index in [0.717, 1.165) is 25.8 Å². The van der Waals surface area contributed by atoms with Crippen molar-refractivity contribution in [3.05, 3.63) is 35.9 Å². The fourth-order valence-corrected chi connectivity index (χ4v) is 3.14. The summed E-state index contributed by atoms with van der Waals surface area (Å²) in [6, 6.07) is 8.52. The number of amides is 1. The highest BCUT2D eigenvalue weighted by molar-refractivity contribution is 5.82. The van der Waals surface area contributed by atoms with E-state index in [1.54, 1.807) is 24.3 Å². The van der Waals surface area contributed by atoms with E-state index in [1.807, 2.05) is 6.07 Å². The SMILES string of the molecule is O=C(NCC1(c2ccccc2)CC1(F)F)C1CCCCN1. The van der Waals surface area contributed by atoms with Gasteiger partial charge in [-0.25, -0.2) is 8.78 Å². The van der Waals surface area contributed by atoms with E-state index in [1.165, 1.54) is 0 Å². The lowest BCUT2D eigenvalue weighted by Gasteiger charge is -2.24. The Morgan fingerprint density at radius 1 is 1.29 bits per heavy atom. The molecule has 1 heterocycles. The molecule has 0 aromatic heterocycles. The van der Waals surface area contributed by atoms with Crippen LogP contribution in [0.5, 0.6) is 0 Å². The predicted octanol–water partition coefficient (Wildman–Crippen LogP) is 2.22. The molecule has 1 amide bonds. The summed E-state index contributed by atoms with van der Waals surface area (Å²) in [5.41, 5.74) is -0.620. The van der Waals surface area contributed by atoms with Crippen molar-refractivity contribution in [1.82, 2.24) is 10.6 Å². The van der Waals surface area contributed by atoms with E-state index in [-0.39, 0.29) is 24.9 Å². The molecule has 2 aliphatic rings. The van der Waals surface area contributed by atoms with Gasteiger partial charge in [0.05, 0.1) is 11.5 Å². The molecule has 1 aromatic rings. The molecule has 0 radical (unpaired) electrons. The van der Waals surface area contributed by atoms with Gasteiger partial charge in [0.2, 0.25) is 5.91 Å². The fraction of sp³-hybridized carbons (Fsp3) is 0.562. The van der Waals surface area contributed by atoms with Crippen LogP contribution in [0.15, 0.2) is 30.3 Å². The number of hydrogen-bond acceptors (Lipinski definition) is 2. The van der Waals surface area contributed by atoms with Crippen LogP contribution >= 0.6 is 0 Å². The molecule has 2 N–H and O–H groups in total. The summed E-state index contributed by atoms with van der Waals surface area (Å²) in [7, 11) is 0. The Morgan fingerprint density at radius 3 is 2.57 bits per heavy atom. The molecule has 1 aliphatic heterocycles. The smallest absolute Gasteiger partial charge is 0.260 e. The molecule has 2 unspecified atom stereocenters. The van der Waals surface area contributed by atoms with Gasteiger partial charge in [-0.3, -0.25) is 4.79 Å². The molecule has 5 heteroatoms. The molecule has 2 fully saturated rings. The summed E-state index contributed by atoms with van der Waals surface area (Å²) in [4.78, 5) is 12.1. The number of alkyl halides is 2. The van der Waals surface area contributed by atoms with Gasteiger partial charge in [-0.05, 0) is 24.9 Å². The number of carbonyl (C=O) groups is 1. The zero-order chi connectivity index (χ0) is 14.9. The molecule has 0 bridgehead atoms. The van der Waals surface area contributed by atoms with Crippen LogP contribution in [-0.4, -0.2) is 31.0 Å². The molecular formula is C16H20F2N2O. The van der Waals surface area contributed by atoms with Crippen LogP contribution in [0.3, 0.4) is 0 Å².